The van der Waals surface area contributed by atoms with E-state index in [0.717, 1.165) is 46.4 Å². The lowest BCUT2D eigenvalue weighted by Gasteiger charge is -2.13. The van der Waals surface area contributed by atoms with Gasteiger partial charge in [0, 0.05) is 17.1 Å². The number of aryl methyl sites for hydroxylation is 2. The van der Waals surface area contributed by atoms with Gasteiger partial charge in [-0.1, -0.05) is 19.4 Å². The molecule has 0 aliphatic carbocycles. The van der Waals surface area contributed by atoms with E-state index in [2.05, 4.69) is 32.1 Å². The molecular weight excluding hydrogens is 407 g/mol. The molecule has 2 amide bonds. The van der Waals surface area contributed by atoms with Crippen LogP contribution >= 0.6 is 0 Å². The summed E-state index contributed by atoms with van der Waals surface area (Å²) < 4.78 is 16.0. The van der Waals surface area contributed by atoms with Crippen molar-refractivity contribution in [3.63, 3.8) is 0 Å². The third-order valence-corrected chi connectivity index (χ3v) is 5.37. The van der Waals surface area contributed by atoms with Crippen molar-refractivity contribution < 1.29 is 9.18 Å². The molecule has 2 aromatic heterocycles. The minimum Gasteiger partial charge on any atom is -0.382 e. The quantitative estimate of drug-likeness (QED) is 0.396. The molecule has 0 atom stereocenters. The number of anilines is 3. The Kier molecular flexibility index (Phi) is 5.77. The van der Waals surface area contributed by atoms with Gasteiger partial charge < -0.3 is 20.9 Å². The molecule has 2 heterocycles. The van der Waals surface area contributed by atoms with Gasteiger partial charge in [-0.05, 0) is 67.8 Å². The third-order valence-electron chi connectivity index (χ3n) is 5.37. The molecule has 4 rings (SSSR count). The van der Waals surface area contributed by atoms with Crippen LogP contribution in [0.3, 0.4) is 0 Å². The van der Waals surface area contributed by atoms with Gasteiger partial charge >= 0.3 is 6.03 Å². The molecule has 7 nitrogen and oxygen atoms in total. The Labute approximate surface area is 185 Å². The van der Waals surface area contributed by atoms with E-state index >= 15 is 0 Å². The summed E-state index contributed by atoms with van der Waals surface area (Å²) in [5.74, 6) is -0.0681. The maximum atomic E-state index is 13.9. The van der Waals surface area contributed by atoms with Crippen molar-refractivity contribution >= 4 is 34.3 Å². The summed E-state index contributed by atoms with van der Waals surface area (Å²) in [5, 5.41) is 5.28. The first-order chi connectivity index (χ1) is 15.4. The smallest absolute Gasteiger partial charge is 0.323 e. The van der Waals surface area contributed by atoms with Gasteiger partial charge in [0.05, 0.1) is 11.2 Å². The van der Waals surface area contributed by atoms with Gasteiger partial charge in [0.1, 0.15) is 17.7 Å². The average Bonchev–Trinajstić information content (AvgIpc) is 3.05. The van der Waals surface area contributed by atoms with Crippen LogP contribution in [-0.4, -0.2) is 20.6 Å². The van der Waals surface area contributed by atoms with E-state index in [0.29, 0.717) is 11.5 Å². The van der Waals surface area contributed by atoms with Crippen LogP contribution in [0.4, 0.5) is 26.4 Å². The van der Waals surface area contributed by atoms with Gasteiger partial charge in [-0.15, -0.1) is 0 Å². The van der Waals surface area contributed by atoms with Crippen molar-refractivity contribution in [2.75, 3.05) is 16.4 Å². The number of hydrogen-bond acceptors (Lipinski definition) is 4. The lowest BCUT2D eigenvalue weighted by Crippen LogP contribution is -2.20. The maximum Gasteiger partial charge on any atom is 0.323 e. The molecule has 0 saturated carbocycles. The topological polar surface area (TPSA) is 97.9 Å². The lowest BCUT2D eigenvalue weighted by molar-refractivity contribution is 0.262. The van der Waals surface area contributed by atoms with Crippen LogP contribution in [0, 0.1) is 19.7 Å². The Balaban J connectivity index is 1.62. The van der Waals surface area contributed by atoms with E-state index in [9.17, 15) is 9.18 Å². The molecule has 0 fully saturated rings. The normalized spacial score (nSPS) is 11.0. The van der Waals surface area contributed by atoms with Crippen LogP contribution in [-0.2, 0) is 6.42 Å². The molecule has 2 aromatic carbocycles. The Morgan fingerprint density at radius 2 is 1.84 bits per heavy atom. The van der Waals surface area contributed by atoms with Gasteiger partial charge in [0.2, 0.25) is 0 Å². The second-order valence-corrected chi connectivity index (χ2v) is 7.72. The first kappa shape index (κ1) is 21.3. The summed E-state index contributed by atoms with van der Waals surface area (Å²) in [6.45, 7) is 6.00. The van der Waals surface area contributed by atoms with Crippen molar-refractivity contribution in [1.82, 2.24) is 14.5 Å². The number of nitrogens with two attached hydrogens (primary N) is 1. The summed E-state index contributed by atoms with van der Waals surface area (Å²) in [6, 6.07) is 11.4. The van der Waals surface area contributed by atoms with Crippen LogP contribution in [0.25, 0.3) is 16.7 Å². The SMILES string of the molecule is CCCc1c(C)c2ncnc(N)c2n1-c1ccc(NC(=O)Nc2cc(C)ccc2F)cc1. The number of hydrogen-bond donors (Lipinski definition) is 3. The molecule has 32 heavy (non-hydrogen) atoms. The highest BCUT2D eigenvalue weighted by Crippen LogP contribution is 2.31. The fourth-order valence-electron chi connectivity index (χ4n) is 3.86. The van der Waals surface area contributed by atoms with E-state index in [1.807, 2.05) is 26.0 Å². The van der Waals surface area contributed by atoms with E-state index in [1.54, 1.807) is 24.3 Å². The fourth-order valence-corrected chi connectivity index (χ4v) is 3.86. The molecule has 4 N–H and O–H groups in total. The largest absolute Gasteiger partial charge is 0.382 e. The average molecular weight is 433 g/mol. The second kappa shape index (κ2) is 8.66. The summed E-state index contributed by atoms with van der Waals surface area (Å²) >= 11 is 0. The van der Waals surface area contributed by atoms with Crippen LogP contribution in [0.2, 0.25) is 0 Å². The number of carbonyl (C=O) groups excluding carboxylic acids is 1. The number of urea groups is 1. The Morgan fingerprint density at radius 3 is 2.56 bits per heavy atom. The molecule has 0 aliphatic heterocycles. The number of amides is 2. The number of nitrogen functional groups attached to an aromatic ring is 1. The number of nitrogens with one attached hydrogen (secondary N) is 2. The minimum atomic E-state index is -0.520. The van der Waals surface area contributed by atoms with Crippen molar-refractivity contribution in [2.24, 2.45) is 0 Å². The summed E-state index contributed by atoms with van der Waals surface area (Å²) in [5.41, 5.74) is 12.5. The van der Waals surface area contributed by atoms with Gasteiger partial charge in [0.25, 0.3) is 0 Å². The molecule has 4 aromatic rings. The zero-order chi connectivity index (χ0) is 22.8. The first-order valence-corrected chi connectivity index (χ1v) is 10.4. The lowest BCUT2D eigenvalue weighted by atomic mass is 10.1. The van der Waals surface area contributed by atoms with E-state index < -0.39 is 11.8 Å². The van der Waals surface area contributed by atoms with Gasteiger partial charge in [0.15, 0.2) is 5.82 Å². The molecule has 0 bridgehead atoms. The molecule has 0 spiro atoms. The number of halogens is 1. The highest BCUT2D eigenvalue weighted by atomic mass is 19.1. The summed E-state index contributed by atoms with van der Waals surface area (Å²) in [6.07, 6.45) is 3.32. The fraction of sp³-hybridized carbons (Fsp3) is 0.208. The van der Waals surface area contributed by atoms with Crippen molar-refractivity contribution in [2.45, 2.75) is 33.6 Å². The number of carbonyl (C=O) groups is 1. The third kappa shape index (κ3) is 3.99. The molecule has 0 radical (unpaired) electrons. The standard InChI is InChI=1S/C24H25FN6O/c1-4-5-20-15(3)21-22(23(26)28-13-27-21)31(20)17-9-7-16(8-10-17)29-24(32)30-19-12-14(2)6-11-18(19)25/h6-13H,4-5H2,1-3H3,(H2,26,27,28)(H2,29,30,32). The number of fused-ring (bicyclic) bond motifs is 1. The van der Waals surface area contributed by atoms with Crippen LogP contribution in [0.1, 0.15) is 30.2 Å². The molecule has 8 heteroatoms. The molecular formula is C24H25FN6O. The molecule has 0 aliphatic rings. The zero-order valence-corrected chi connectivity index (χ0v) is 18.2. The first-order valence-electron chi connectivity index (χ1n) is 10.4. The number of rotatable bonds is 5. The molecule has 0 unspecified atom stereocenters. The Hall–Kier alpha value is -3.94. The number of nitrogens with zero attached hydrogens (tertiary/aromatic N) is 3. The van der Waals surface area contributed by atoms with Gasteiger partial charge in [-0.25, -0.2) is 19.2 Å². The van der Waals surface area contributed by atoms with Crippen LogP contribution in [0.5, 0.6) is 0 Å². The molecule has 164 valence electrons. The van der Waals surface area contributed by atoms with Crippen molar-refractivity contribution in [3.05, 3.63) is 71.4 Å². The molecule has 0 saturated heterocycles. The van der Waals surface area contributed by atoms with Crippen molar-refractivity contribution in [1.29, 1.82) is 0 Å². The monoisotopic (exact) mass is 432 g/mol. The Morgan fingerprint density at radius 1 is 1.09 bits per heavy atom. The number of aromatic nitrogens is 3. The van der Waals surface area contributed by atoms with Crippen LogP contribution < -0.4 is 16.4 Å². The Bertz CT molecular complexity index is 1300. The van der Waals surface area contributed by atoms with E-state index in [1.165, 1.54) is 12.4 Å². The van der Waals surface area contributed by atoms with Crippen LogP contribution in [0.15, 0.2) is 48.8 Å². The second-order valence-electron chi connectivity index (χ2n) is 7.72. The highest BCUT2D eigenvalue weighted by Gasteiger charge is 2.18. The summed E-state index contributed by atoms with van der Waals surface area (Å²) in [7, 11) is 0. The highest BCUT2D eigenvalue weighted by molar-refractivity contribution is 6.00. The number of benzene rings is 2. The summed E-state index contributed by atoms with van der Waals surface area (Å²) in [4.78, 5) is 20.9. The maximum absolute atomic E-state index is 13.9. The van der Waals surface area contributed by atoms with Gasteiger partial charge in [-0.2, -0.15) is 0 Å². The van der Waals surface area contributed by atoms with E-state index in [-0.39, 0.29) is 5.69 Å². The predicted molar refractivity (Wildman–Crippen MR) is 126 cm³/mol. The van der Waals surface area contributed by atoms with Gasteiger partial charge in [-0.3, -0.25) is 0 Å². The zero-order valence-electron chi connectivity index (χ0n) is 18.2. The minimum absolute atomic E-state index is 0.132. The predicted octanol–water partition coefficient (Wildman–Crippen LogP) is 5.36. The van der Waals surface area contributed by atoms with E-state index in [4.69, 9.17) is 5.73 Å². The van der Waals surface area contributed by atoms with Crippen molar-refractivity contribution in [3.8, 4) is 5.69 Å².